The zero-order valence-corrected chi connectivity index (χ0v) is 20.0. The van der Waals surface area contributed by atoms with Crippen LogP contribution in [-0.4, -0.2) is 28.2 Å². The zero-order valence-electron chi connectivity index (χ0n) is 20.0. The topological polar surface area (TPSA) is 79.5 Å². The molecule has 5 aromatic rings. The maximum Gasteiger partial charge on any atom is 0.340 e. The van der Waals surface area contributed by atoms with Gasteiger partial charge in [0.05, 0.1) is 23.7 Å². The molecule has 0 spiro atoms. The van der Waals surface area contributed by atoms with Crippen LogP contribution >= 0.6 is 0 Å². The molecule has 0 bridgehead atoms. The summed E-state index contributed by atoms with van der Waals surface area (Å²) in [6, 6.07) is 20.2. The fourth-order valence-corrected chi connectivity index (χ4v) is 5.19. The van der Waals surface area contributed by atoms with Crippen LogP contribution in [0.2, 0.25) is 0 Å². The maximum atomic E-state index is 13.1. The molecule has 1 aliphatic carbocycles. The molecule has 0 saturated heterocycles. The highest BCUT2D eigenvalue weighted by molar-refractivity contribution is 6.06. The number of aromatic nitrogens is 2. The first-order chi connectivity index (χ1) is 17.5. The van der Waals surface area contributed by atoms with Crippen LogP contribution in [0.4, 0.5) is 0 Å². The molecule has 0 N–H and O–H groups in total. The summed E-state index contributed by atoms with van der Waals surface area (Å²) >= 11 is 0. The van der Waals surface area contributed by atoms with Crippen molar-refractivity contribution < 1.29 is 19.1 Å². The van der Waals surface area contributed by atoms with Crippen molar-refractivity contribution in [1.29, 1.82) is 0 Å². The van der Waals surface area contributed by atoms with E-state index in [1.165, 1.54) is 7.11 Å². The molecule has 180 valence electrons. The Hall–Kier alpha value is -4.39. The lowest BCUT2D eigenvalue weighted by atomic mass is 10.1. The number of benzene rings is 3. The summed E-state index contributed by atoms with van der Waals surface area (Å²) in [5.74, 6) is -0.543. The highest BCUT2D eigenvalue weighted by Crippen LogP contribution is 2.42. The molecule has 6 rings (SSSR count). The molecule has 0 amide bonds. The number of esters is 2. The van der Waals surface area contributed by atoms with E-state index in [0.29, 0.717) is 44.5 Å². The van der Waals surface area contributed by atoms with E-state index in [-0.39, 0.29) is 12.0 Å². The third-order valence-corrected chi connectivity index (χ3v) is 6.92. The van der Waals surface area contributed by atoms with Gasteiger partial charge in [-0.1, -0.05) is 24.3 Å². The average Bonchev–Trinajstić information content (AvgIpc) is 3.68. The van der Waals surface area contributed by atoms with E-state index in [1.54, 1.807) is 28.8 Å². The van der Waals surface area contributed by atoms with E-state index in [2.05, 4.69) is 4.57 Å². The number of carbonyl (C=O) groups excluding carboxylic acids is 2. The predicted molar refractivity (Wildman–Crippen MR) is 138 cm³/mol. The van der Waals surface area contributed by atoms with Gasteiger partial charge >= 0.3 is 11.9 Å². The van der Waals surface area contributed by atoms with E-state index in [9.17, 15) is 14.4 Å². The van der Waals surface area contributed by atoms with Gasteiger partial charge in [0.25, 0.3) is 0 Å². The summed E-state index contributed by atoms with van der Waals surface area (Å²) in [4.78, 5) is 38.7. The Kier molecular flexibility index (Phi) is 5.14. The fourth-order valence-electron chi connectivity index (χ4n) is 5.19. The van der Waals surface area contributed by atoms with Crippen molar-refractivity contribution >= 4 is 44.6 Å². The van der Waals surface area contributed by atoms with Crippen LogP contribution in [0.5, 0.6) is 5.75 Å². The standard InChI is InChI=1S/C29H24N2O5/c1-17-27(29(34)35-2)22-15-19(13-14-25(22)31(17)18-11-12-18)36-26(32)16-30-23-9-5-3-7-20(23)28(33)21-8-4-6-10-24(21)30/h3-10,13-15,18H,11-12,16H2,1-2H3. The van der Waals surface area contributed by atoms with Crippen molar-refractivity contribution in [2.24, 2.45) is 0 Å². The molecule has 0 aliphatic heterocycles. The maximum absolute atomic E-state index is 13.1. The lowest BCUT2D eigenvalue weighted by Crippen LogP contribution is -2.20. The Bertz CT molecular complexity index is 1700. The molecule has 0 radical (unpaired) electrons. The Labute approximate surface area is 206 Å². The highest BCUT2D eigenvalue weighted by Gasteiger charge is 2.30. The van der Waals surface area contributed by atoms with Gasteiger partial charge in [-0.3, -0.25) is 4.79 Å². The van der Waals surface area contributed by atoms with Gasteiger partial charge in [-0.05, 0) is 62.2 Å². The number of rotatable bonds is 5. The van der Waals surface area contributed by atoms with Gasteiger partial charge in [-0.2, -0.15) is 0 Å². The SMILES string of the molecule is COC(=O)c1c(C)n(C2CC2)c2ccc(OC(=O)Cn3c4ccccc4c(=O)c4ccccc43)cc12. The molecule has 1 fully saturated rings. The molecule has 7 heteroatoms. The number of nitrogens with zero attached hydrogens (tertiary/aromatic N) is 2. The van der Waals surface area contributed by atoms with Crippen LogP contribution in [0.15, 0.2) is 71.5 Å². The first-order valence-electron chi connectivity index (χ1n) is 11.9. The van der Waals surface area contributed by atoms with Gasteiger partial charge in [0.2, 0.25) is 0 Å². The molecule has 0 unspecified atom stereocenters. The van der Waals surface area contributed by atoms with E-state index >= 15 is 0 Å². The Morgan fingerprint density at radius 2 is 1.53 bits per heavy atom. The number of fused-ring (bicyclic) bond motifs is 3. The number of hydrogen-bond donors (Lipinski definition) is 0. The molecule has 36 heavy (non-hydrogen) atoms. The fraction of sp³-hybridized carbons (Fsp3) is 0.207. The van der Waals surface area contributed by atoms with Crippen LogP contribution in [0.1, 0.15) is 34.9 Å². The van der Waals surface area contributed by atoms with Crippen molar-refractivity contribution in [1.82, 2.24) is 9.13 Å². The second-order valence-corrected chi connectivity index (χ2v) is 9.16. The molecule has 2 heterocycles. The summed E-state index contributed by atoms with van der Waals surface area (Å²) < 4.78 is 14.8. The van der Waals surface area contributed by atoms with Gasteiger partial charge in [-0.15, -0.1) is 0 Å². The normalized spacial score (nSPS) is 13.4. The van der Waals surface area contributed by atoms with Crippen LogP contribution in [0.25, 0.3) is 32.7 Å². The Morgan fingerprint density at radius 3 is 2.14 bits per heavy atom. The third-order valence-electron chi connectivity index (χ3n) is 6.92. The lowest BCUT2D eigenvalue weighted by molar-refractivity contribution is -0.134. The minimum atomic E-state index is -0.480. The van der Waals surface area contributed by atoms with Crippen LogP contribution in [0.3, 0.4) is 0 Å². The molecular formula is C29H24N2O5. The monoisotopic (exact) mass is 480 g/mol. The molecule has 1 saturated carbocycles. The van der Waals surface area contributed by atoms with Gasteiger partial charge in [0.15, 0.2) is 5.43 Å². The smallest absolute Gasteiger partial charge is 0.340 e. The molecular weight excluding hydrogens is 456 g/mol. The highest BCUT2D eigenvalue weighted by atomic mass is 16.5. The van der Waals surface area contributed by atoms with Crippen LogP contribution in [-0.2, 0) is 16.1 Å². The number of methoxy groups -OCH3 is 1. The molecule has 0 atom stereocenters. The molecule has 2 aromatic heterocycles. The largest absolute Gasteiger partial charge is 0.465 e. The first-order valence-corrected chi connectivity index (χ1v) is 11.9. The van der Waals surface area contributed by atoms with Crippen molar-refractivity contribution in [3.63, 3.8) is 0 Å². The van der Waals surface area contributed by atoms with Crippen molar-refractivity contribution in [2.75, 3.05) is 7.11 Å². The van der Waals surface area contributed by atoms with Gasteiger partial charge in [-0.25, -0.2) is 9.59 Å². The summed E-state index contributed by atoms with van der Waals surface area (Å²) in [5, 5.41) is 1.80. The minimum Gasteiger partial charge on any atom is -0.465 e. The van der Waals surface area contributed by atoms with E-state index in [0.717, 1.165) is 24.1 Å². The van der Waals surface area contributed by atoms with Crippen molar-refractivity contribution in [3.05, 3.63) is 88.2 Å². The quantitative estimate of drug-likeness (QED) is 0.198. The van der Waals surface area contributed by atoms with Gasteiger partial charge < -0.3 is 18.6 Å². The number of hydrogen-bond acceptors (Lipinski definition) is 5. The number of pyridine rings is 1. The van der Waals surface area contributed by atoms with Crippen LogP contribution in [0, 0.1) is 6.92 Å². The van der Waals surface area contributed by atoms with Crippen molar-refractivity contribution in [3.8, 4) is 5.75 Å². The number of ether oxygens (including phenoxy) is 2. The zero-order chi connectivity index (χ0) is 25.0. The summed E-state index contributed by atoms with van der Waals surface area (Å²) in [6.07, 6.45) is 2.15. The van der Waals surface area contributed by atoms with Gasteiger partial charge in [0.1, 0.15) is 12.3 Å². The number of carbonyl (C=O) groups is 2. The third kappa shape index (κ3) is 3.47. The molecule has 3 aromatic carbocycles. The summed E-state index contributed by atoms with van der Waals surface area (Å²) in [7, 11) is 1.37. The second-order valence-electron chi connectivity index (χ2n) is 9.16. The lowest BCUT2D eigenvalue weighted by Gasteiger charge is -2.14. The molecule has 7 nitrogen and oxygen atoms in total. The van der Waals surface area contributed by atoms with Gasteiger partial charge in [0, 0.05) is 33.4 Å². The Balaban J connectivity index is 1.39. The predicted octanol–water partition coefficient (Wildman–Crippen LogP) is 5.14. The number of para-hydroxylation sites is 2. The van der Waals surface area contributed by atoms with Crippen molar-refractivity contribution in [2.45, 2.75) is 32.4 Å². The van der Waals surface area contributed by atoms with E-state index in [1.807, 2.05) is 49.4 Å². The molecule has 1 aliphatic rings. The minimum absolute atomic E-state index is 0.0675. The van der Waals surface area contributed by atoms with E-state index < -0.39 is 11.9 Å². The summed E-state index contributed by atoms with van der Waals surface area (Å²) in [6.45, 7) is 1.84. The Morgan fingerprint density at radius 1 is 0.889 bits per heavy atom. The second kappa shape index (κ2) is 8.37. The van der Waals surface area contributed by atoms with Crippen LogP contribution < -0.4 is 10.2 Å². The summed E-state index contributed by atoms with van der Waals surface area (Å²) in [5.41, 5.74) is 3.54. The first kappa shape index (κ1) is 22.1. The average molecular weight is 481 g/mol. The van der Waals surface area contributed by atoms with E-state index in [4.69, 9.17) is 9.47 Å².